The lowest BCUT2D eigenvalue weighted by Crippen LogP contribution is -2.15. The molecular formula is C16H10Cl2N6O. The first-order valence-corrected chi connectivity index (χ1v) is 8.04. The molecule has 0 fully saturated rings. The minimum atomic E-state index is -0.430. The second kappa shape index (κ2) is 6.27. The molecule has 0 radical (unpaired) electrons. The highest BCUT2D eigenvalue weighted by Gasteiger charge is 2.19. The summed E-state index contributed by atoms with van der Waals surface area (Å²) in [6.07, 6.45) is 6.36. The summed E-state index contributed by atoms with van der Waals surface area (Å²) >= 11 is 11.6. The largest absolute Gasteiger partial charge is 0.356 e. The van der Waals surface area contributed by atoms with Gasteiger partial charge >= 0.3 is 5.69 Å². The molecule has 124 valence electrons. The van der Waals surface area contributed by atoms with Gasteiger partial charge in [0.15, 0.2) is 11.6 Å². The van der Waals surface area contributed by atoms with Gasteiger partial charge in [0.2, 0.25) is 0 Å². The summed E-state index contributed by atoms with van der Waals surface area (Å²) in [4.78, 5) is 28.7. The molecule has 0 spiro atoms. The lowest BCUT2D eigenvalue weighted by Gasteiger charge is -2.12. The van der Waals surface area contributed by atoms with Gasteiger partial charge in [-0.15, -0.1) is 0 Å². The molecule has 0 bridgehead atoms. The van der Waals surface area contributed by atoms with Crippen LogP contribution in [0.25, 0.3) is 17.3 Å². The summed E-state index contributed by atoms with van der Waals surface area (Å²) in [5.74, 6) is 0.905. The average molecular weight is 373 g/mol. The minimum Gasteiger partial charge on any atom is -0.327 e. The van der Waals surface area contributed by atoms with Crippen molar-refractivity contribution in [3.8, 4) is 17.3 Å². The highest BCUT2D eigenvalue weighted by Crippen LogP contribution is 2.21. The van der Waals surface area contributed by atoms with Crippen LogP contribution in [0.1, 0.15) is 5.56 Å². The van der Waals surface area contributed by atoms with Crippen LogP contribution in [0.5, 0.6) is 0 Å². The number of hydrogen-bond donors (Lipinski definition) is 0. The fraction of sp³-hybridized carbons (Fsp3) is 0.0625. The Bertz CT molecular complexity index is 1060. The van der Waals surface area contributed by atoms with E-state index in [1.165, 1.54) is 17.0 Å². The van der Waals surface area contributed by atoms with E-state index >= 15 is 0 Å². The van der Waals surface area contributed by atoms with Gasteiger partial charge in [0.1, 0.15) is 10.3 Å². The van der Waals surface area contributed by atoms with Gasteiger partial charge in [-0.3, -0.25) is 0 Å². The zero-order valence-electron chi connectivity index (χ0n) is 12.7. The Morgan fingerprint density at radius 2 is 1.80 bits per heavy atom. The van der Waals surface area contributed by atoms with Crippen molar-refractivity contribution in [2.75, 3.05) is 0 Å². The first kappa shape index (κ1) is 15.7. The predicted molar refractivity (Wildman–Crippen MR) is 93.4 cm³/mol. The van der Waals surface area contributed by atoms with Crippen LogP contribution in [-0.4, -0.2) is 29.1 Å². The minimum absolute atomic E-state index is 0.255. The molecule has 0 unspecified atom stereocenters. The molecule has 7 nitrogen and oxygen atoms in total. The molecule has 9 heteroatoms. The summed E-state index contributed by atoms with van der Waals surface area (Å²) < 4.78 is 3.26. The molecule has 4 heterocycles. The molecule has 4 rings (SSSR count). The smallest absolute Gasteiger partial charge is 0.327 e. The SMILES string of the molecule is O=c1nc2n(Cc3ccc(Cl)nc3)cccc-2n1-c1cnc(Cl)cn1. The summed E-state index contributed by atoms with van der Waals surface area (Å²) in [7, 11) is 0. The van der Waals surface area contributed by atoms with Gasteiger partial charge in [-0.1, -0.05) is 29.3 Å². The molecular weight excluding hydrogens is 363 g/mol. The van der Waals surface area contributed by atoms with Gasteiger partial charge in [0, 0.05) is 12.4 Å². The number of pyridine rings is 2. The van der Waals surface area contributed by atoms with Crippen molar-refractivity contribution in [2.24, 2.45) is 0 Å². The van der Waals surface area contributed by atoms with Gasteiger partial charge in [-0.25, -0.2) is 24.3 Å². The summed E-state index contributed by atoms with van der Waals surface area (Å²) in [5.41, 5.74) is 1.14. The molecule has 0 aliphatic carbocycles. The summed E-state index contributed by atoms with van der Waals surface area (Å²) in [5, 5.41) is 0.685. The monoisotopic (exact) mass is 372 g/mol. The number of fused-ring (bicyclic) bond motifs is 1. The normalized spacial score (nSPS) is 11.1. The van der Waals surface area contributed by atoms with Crippen molar-refractivity contribution in [1.29, 1.82) is 0 Å². The van der Waals surface area contributed by atoms with Gasteiger partial charge in [0.05, 0.1) is 24.6 Å². The lowest BCUT2D eigenvalue weighted by atomic mass is 10.2. The predicted octanol–water partition coefficient (Wildman–Crippen LogP) is 2.68. The van der Waals surface area contributed by atoms with Crippen molar-refractivity contribution in [3.05, 3.63) is 75.4 Å². The van der Waals surface area contributed by atoms with Gasteiger partial charge < -0.3 is 4.57 Å². The van der Waals surface area contributed by atoms with E-state index in [0.29, 0.717) is 29.0 Å². The molecule has 2 aromatic heterocycles. The van der Waals surface area contributed by atoms with E-state index in [9.17, 15) is 4.79 Å². The summed E-state index contributed by atoms with van der Waals surface area (Å²) in [6, 6.07) is 7.24. The van der Waals surface area contributed by atoms with Crippen molar-refractivity contribution < 1.29 is 0 Å². The molecule has 0 saturated heterocycles. The maximum absolute atomic E-state index is 12.4. The third-order valence-electron chi connectivity index (χ3n) is 3.63. The number of hydrogen-bond acceptors (Lipinski definition) is 5. The maximum atomic E-state index is 12.4. The molecule has 0 aromatic carbocycles. The molecule has 2 aliphatic rings. The van der Waals surface area contributed by atoms with Crippen molar-refractivity contribution in [3.63, 3.8) is 0 Å². The topological polar surface area (TPSA) is 78.5 Å². The second-order valence-corrected chi connectivity index (χ2v) is 6.04. The lowest BCUT2D eigenvalue weighted by molar-refractivity contribution is 0.779. The van der Waals surface area contributed by atoms with E-state index < -0.39 is 5.69 Å². The van der Waals surface area contributed by atoms with Crippen molar-refractivity contribution in [1.82, 2.24) is 29.1 Å². The highest BCUT2D eigenvalue weighted by molar-refractivity contribution is 6.29. The fourth-order valence-corrected chi connectivity index (χ4v) is 2.75. The molecule has 0 atom stereocenters. The van der Waals surface area contributed by atoms with E-state index in [1.54, 1.807) is 18.3 Å². The van der Waals surface area contributed by atoms with Crippen LogP contribution >= 0.6 is 23.2 Å². The number of imidazole rings is 1. The van der Waals surface area contributed by atoms with Crippen LogP contribution in [0.3, 0.4) is 0 Å². The van der Waals surface area contributed by atoms with Crippen LogP contribution in [0.4, 0.5) is 0 Å². The Morgan fingerprint density at radius 3 is 2.52 bits per heavy atom. The molecule has 2 aromatic rings. The molecule has 0 N–H and O–H groups in total. The van der Waals surface area contributed by atoms with E-state index in [-0.39, 0.29) is 5.15 Å². The molecule has 0 amide bonds. The number of nitrogens with zero attached hydrogens (tertiary/aromatic N) is 6. The van der Waals surface area contributed by atoms with Crippen LogP contribution in [-0.2, 0) is 6.54 Å². The Balaban J connectivity index is 1.78. The summed E-state index contributed by atoms with van der Waals surface area (Å²) in [6.45, 7) is 0.504. The Hall–Kier alpha value is -2.77. The molecule has 0 saturated carbocycles. The fourth-order valence-electron chi connectivity index (χ4n) is 2.54. The zero-order chi connectivity index (χ0) is 17.4. The van der Waals surface area contributed by atoms with Crippen LogP contribution in [0.2, 0.25) is 10.3 Å². The average Bonchev–Trinajstić information content (AvgIpc) is 2.95. The van der Waals surface area contributed by atoms with E-state index in [2.05, 4.69) is 19.9 Å². The van der Waals surface area contributed by atoms with E-state index in [1.807, 2.05) is 22.9 Å². The Labute approximate surface area is 151 Å². The van der Waals surface area contributed by atoms with Gasteiger partial charge in [-0.2, -0.15) is 4.98 Å². The Morgan fingerprint density at radius 1 is 0.960 bits per heavy atom. The quantitative estimate of drug-likeness (QED) is 0.516. The first-order valence-electron chi connectivity index (χ1n) is 7.28. The van der Waals surface area contributed by atoms with Crippen LogP contribution < -0.4 is 5.69 Å². The van der Waals surface area contributed by atoms with E-state index in [4.69, 9.17) is 23.2 Å². The maximum Gasteiger partial charge on any atom is 0.356 e. The van der Waals surface area contributed by atoms with Gasteiger partial charge in [-0.05, 0) is 23.8 Å². The van der Waals surface area contributed by atoms with E-state index in [0.717, 1.165) is 5.56 Å². The highest BCUT2D eigenvalue weighted by atomic mass is 35.5. The third-order valence-corrected chi connectivity index (χ3v) is 4.05. The zero-order valence-corrected chi connectivity index (χ0v) is 14.2. The van der Waals surface area contributed by atoms with Crippen LogP contribution in [0.15, 0.2) is 53.8 Å². The van der Waals surface area contributed by atoms with Crippen LogP contribution in [0, 0.1) is 0 Å². The number of aromatic nitrogens is 6. The van der Waals surface area contributed by atoms with Gasteiger partial charge in [0.25, 0.3) is 0 Å². The molecule has 25 heavy (non-hydrogen) atoms. The number of halogens is 2. The third kappa shape index (κ3) is 2.99. The van der Waals surface area contributed by atoms with Crippen molar-refractivity contribution in [2.45, 2.75) is 6.54 Å². The Kier molecular flexibility index (Phi) is 3.95. The standard InChI is InChI=1S/C16H10Cl2N6O/c17-12-4-3-10(6-19-12)9-23-5-1-2-11-15(23)22-16(25)24(11)14-8-20-13(18)7-21-14/h1-8H,9H2. The molecule has 2 aliphatic heterocycles. The number of rotatable bonds is 3. The van der Waals surface area contributed by atoms with Crippen molar-refractivity contribution >= 4 is 23.2 Å². The second-order valence-electron chi connectivity index (χ2n) is 5.26. The first-order chi connectivity index (χ1) is 12.1.